The first-order valence-electron chi connectivity index (χ1n) is 29.5. The van der Waals surface area contributed by atoms with E-state index in [9.17, 15) is 4.39 Å². The summed E-state index contributed by atoms with van der Waals surface area (Å²) in [7, 11) is 0. The van der Waals surface area contributed by atoms with Crippen LogP contribution in [0, 0.1) is 154 Å². The molecular formula is C68H82F2. The largest absolute Gasteiger partial charge is 0.216 e. The molecule has 25 unspecified atom stereocenters. The molecule has 368 valence electrons. The van der Waals surface area contributed by atoms with Crippen LogP contribution >= 0.6 is 0 Å². The number of hydrogen-bond donors (Lipinski definition) is 0. The van der Waals surface area contributed by atoms with E-state index in [2.05, 4.69) is 68.2 Å². The number of benzene rings is 1. The Labute approximate surface area is 420 Å². The van der Waals surface area contributed by atoms with Crippen LogP contribution in [0.5, 0.6) is 0 Å². The fourth-order valence-corrected chi connectivity index (χ4v) is 23.5. The highest BCUT2D eigenvalue weighted by Gasteiger charge is 2.74. The quantitative estimate of drug-likeness (QED) is 0.197. The fourth-order valence-electron chi connectivity index (χ4n) is 23.5. The zero-order valence-electron chi connectivity index (χ0n) is 42.4. The van der Waals surface area contributed by atoms with Crippen LogP contribution in [0.15, 0.2) is 139 Å². The molecule has 14 aliphatic rings. The lowest BCUT2D eigenvalue weighted by atomic mass is 9.46. The number of halogens is 2. The minimum atomic E-state index is -0.186. The molecule has 1 aromatic rings. The molecule has 0 amide bonds. The number of allylic oxidation sites excluding steroid dienone is 16. The van der Waals surface area contributed by atoms with Gasteiger partial charge in [0.2, 0.25) is 0 Å². The summed E-state index contributed by atoms with van der Waals surface area (Å²) in [5.74, 6) is 17.8. The maximum Gasteiger partial charge on any atom is 0.123 e. The number of fused-ring (bicyclic) bond motifs is 12. The second kappa shape index (κ2) is 17.6. The molecular weight excluding hydrogens is 855 g/mol. The van der Waals surface area contributed by atoms with Crippen LogP contribution in [0.2, 0.25) is 0 Å². The van der Waals surface area contributed by atoms with E-state index in [-0.39, 0.29) is 17.7 Å². The molecule has 0 radical (unpaired) electrons. The lowest BCUT2D eigenvalue weighted by Gasteiger charge is -2.58. The maximum atomic E-state index is 15.0. The molecule has 0 nitrogen and oxygen atoms in total. The molecule has 0 saturated heterocycles. The molecule has 0 spiro atoms. The average molecular weight is 937 g/mol. The molecule has 0 heterocycles. The summed E-state index contributed by atoms with van der Waals surface area (Å²) < 4.78 is 30.0. The number of rotatable bonds is 6. The average Bonchev–Trinajstić information content (AvgIpc) is 4.16. The standard InChI is InChI=1S/C68H82F2/c1-5-13-42(34-35-69)60(43-14-7-6-8-15-43)58-37(2)22-28-45-38(3)40-16-11-21-53-64-55(33-32-51(45)62(64)54(29-25-40)59(58)39(4)41-23-26-44(70)27-24-41)66-63-48-18-10-9-17-46(48)47-30-31-52-56(47)36-57(63)68-61(52)49-19-12-20-50(49)65(68)67(53)66/h5-8,12-14,19,23-24,26-27,30-31,34-35,37,40,45-59,61-68H,1,3-4,9-11,15-18,20-22,25,28-29,32-33,36H2,2H3/b35-34-,42-13+,60-43-. The molecule has 14 aliphatic carbocycles. The molecule has 0 aliphatic heterocycles. The highest BCUT2D eigenvalue weighted by Crippen LogP contribution is 2.79. The van der Waals surface area contributed by atoms with Crippen molar-refractivity contribution in [3.8, 4) is 0 Å². The van der Waals surface area contributed by atoms with Gasteiger partial charge in [-0.25, -0.2) is 8.78 Å². The Morgan fingerprint density at radius 3 is 2.13 bits per heavy atom. The van der Waals surface area contributed by atoms with Gasteiger partial charge in [0.15, 0.2) is 0 Å². The van der Waals surface area contributed by atoms with Crippen molar-refractivity contribution in [2.45, 2.75) is 110 Å². The number of hydrogen-bond acceptors (Lipinski definition) is 0. The van der Waals surface area contributed by atoms with Gasteiger partial charge in [0.25, 0.3) is 0 Å². The predicted octanol–water partition coefficient (Wildman–Crippen LogP) is 17.4. The third-order valence-corrected chi connectivity index (χ3v) is 24.9. The Kier molecular flexibility index (Phi) is 11.3. The highest BCUT2D eigenvalue weighted by atomic mass is 19.1. The molecule has 70 heavy (non-hydrogen) atoms. The van der Waals surface area contributed by atoms with Crippen molar-refractivity contribution in [3.05, 3.63) is 151 Å². The van der Waals surface area contributed by atoms with Crippen LogP contribution in [-0.4, -0.2) is 0 Å². The first-order valence-corrected chi connectivity index (χ1v) is 29.5. The third-order valence-electron chi connectivity index (χ3n) is 24.9. The van der Waals surface area contributed by atoms with E-state index < -0.39 is 0 Å². The van der Waals surface area contributed by atoms with Crippen LogP contribution in [0.4, 0.5) is 8.78 Å². The summed E-state index contributed by atoms with van der Waals surface area (Å²) in [6.45, 7) is 17.3. The summed E-state index contributed by atoms with van der Waals surface area (Å²) in [5.41, 5.74) is 7.46. The van der Waals surface area contributed by atoms with Gasteiger partial charge in [-0.1, -0.05) is 124 Å². The van der Waals surface area contributed by atoms with E-state index in [1.54, 1.807) is 30.2 Å². The maximum absolute atomic E-state index is 15.0. The van der Waals surface area contributed by atoms with Crippen LogP contribution in [-0.2, 0) is 0 Å². The smallest absolute Gasteiger partial charge is 0.123 e. The first kappa shape index (κ1) is 45.1. The normalized spacial score (nSPS) is 50.7. The minimum Gasteiger partial charge on any atom is -0.216 e. The monoisotopic (exact) mass is 937 g/mol. The van der Waals surface area contributed by atoms with Gasteiger partial charge >= 0.3 is 0 Å². The van der Waals surface area contributed by atoms with Crippen molar-refractivity contribution >= 4 is 5.57 Å². The minimum absolute atomic E-state index is 0.110. The van der Waals surface area contributed by atoms with Gasteiger partial charge in [0, 0.05) is 0 Å². The van der Waals surface area contributed by atoms with Gasteiger partial charge in [0.05, 0.1) is 6.33 Å². The zero-order valence-corrected chi connectivity index (χ0v) is 42.4. The van der Waals surface area contributed by atoms with Crippen molar-refractivity contribution in [2.24, 2.45) is 148 Å². The predicted molar refractivity (Wildman–Crippen MR) is 283 cm³/mol. The summed E-state index contributed by atoms with van der Waals surface area (Å²) in [6, 6.07) is 7.45. The van der Waals surface area contributed by atoms with Crippen molar-refractivity contribution in [1.29, 1.82) is 0 Å². The lowest BCUT2D eigenvalue weighted by Crippen LogP contribution is -2.53. The van der Waals surface area contributed by atoms with Crippen molar-refractivity contribution in [3.63, 3.8) is 0 Å². The second-order valence-electron chi connectivity index (χ2n) is 26.6. The SMILES string of the molecule is C=C/C=C(\C=C/F)C(=C1\C=CC=CC1)/C1C(C)CCC2C(=C)C3CCCC4C5C(CCC2C5C(CC3)C1C(=C)c1ccc(F)cc1)C1C2C3CCCCC3C3C=CC5C3CC2C2C5C3C=CCC3C2C41. The van der Waals surface area contributed by atoms with Crippen LogP contribution in [0.25, 0.3) is 5.57 Å². The Bertz CT molecular complexity index is 2490. The van der Waals surface area contributed by atoms with Crippen LogP contribution in [0.1, 0.15) is 115 Å². The Morgan fingerprint density at radius 1 is 0.614 bits per heavy atom. The fraction of sp³-hybridized carbons (Fsp3) is 0.618. The van der Waals surface area contributed by atoms with Crippen LogP contribution < -0.4 is 0 Å². The zero-order chi connectivity index (χ0) is 47.1. The van der Waals surface area contributed by atoms with E-state index in [4.69, 9.17) is 13.2 Å². The van der Waals surface area contributed by atoms with Crippen molar-refractivity contribution in [2.75, 3.05) is 0 Å². The molecule has 25 atom stereocenters. The van der Waals surface area contributed by atoms with Gasteiger partial charge in [-0.3, -0.25) is 0 Å². The van der Waals surface area contributed by atoms with Gasteiger partial charge in [0.1, 0.15) is 5.82 Å². The molecule has 0 N–H and O–H groups in total. The Morgan fingerprint density at radius 2 is 1.31 bits per heavy atom. The summed E-state index contributed by atoms with van der Waals surface area (Å²) in [6.07, 6.45) is 47.9. The second-order valence-corrected chi connectivity index (χ2v) is 26.6. The Balaban J connectivity index is 0.992. The highest BCUT2D eigenvalue weighted by molar-refractivity contribution is 5.68. The van der Waals surface area contributed by atoms with E-state index >= 15 is 4.39 Å². The van der Waals surface area contributed by atoms with Crippen molar-refractivity contribution < 1.29 is 8.78 Å². The van der Waals surface area contributed by atoms with Crippen LogP contribution in [0.3, 0.4) is 0 Å². The van der Waals surface area contributed by atoms with Gasteiger partial charge in [-0.05, 0) is 277 Å². The molecule has 1 aromatic carbocycles. The Hall–Kier alpha value is -3.52. The topological polar surface area (TPSA) is 0 Å². The van der Waals surface area contributed by atoms with Gasteiger partial charge < -0.3 is 0 Å². The van der Waals surface area contributed by atoms with E-state index in [1.165, 1.54) is 100 Å². The summed E-state index contributed by atoms with van der Waals surface area (Å²) in [5, 5.41) is 0. The molecule has 15 rings (SSSR count). The first-order chi connectivity index (χ1) is 34.4. The summed E-state index contributed by atoms with van der Waals surface area (Å²) in [4.78, 5) is 0. The van der Waals surface area contributed by atoms with Crippen molar-refractivity contribution in [1.82, 2.24) is 0 Å². The van der Waals surface area contributed by atoms with Gasteiger partial charge in [-0.15, -0.1) is 0 Å². The molecule has 2 heteroatoms. The molecule has 12 bridgehead atoms. The molecule has 11 fully saturated rings. The van der Waals surface area contributed by atoms with E-state index in [0.29, 0.717) is 35.5 Å². The molecule has 11 saturated carbocycles. The van der Waals surface area contributed by atoms with E-state index in [0.717, 1.165) is 131 Å². The van der Waals surface area contributed by atoms with Gasteiger partial charge in [-0.2, -0.15) is 0 Å². The van der Waals surface area contributed by atoms with E-state index in [1.807, 2.05) is 18.2 Å². The lowest BCUT2D eigenvalue weighted by molar-refractivity contribution is -0.101. The summed E-state index contributed by atoms with van der Waals surface area (Å²) >= 11 is 0. The molecule has 0 aromatic heterocycles. The third kappa shape index (κ3) is 6.53.